The van der Waals surface area contributed by atoms with Crippen molar-refractivity contribution in [1.82, 2.24) is 19.1 Å². The summed E-state index contributed by atoms with van der Waals surface area (Å²) < 4.78 is 8.58. The second-order valence-corrected chi connectivity index (χ2v) is 19.0. The first-order valence-corrected chi connectivity index (χ1v) is 23.5. The molecule has 0 bridgehead atoms. The van der Waals surface area contributed by atoms with Crippen molar-refractivity contribution >= 4 is 110 Å². The van der Waals surface area contributed by atoms with Gasteiger partial charge in [0.05, 0.1) is 38.0 Å². The average Bonchev–Trinajstić information content (AvgIpc) is 4.13. The Hall–Kier alpha value is -7.64. The Morgan fingerprint density at radius 3 is 2.14 bits per heavy atom. The van der Waals surface area contributed by atoms with Crippen LogP contribution in [0, 0.1) is 0 Å². The van der Waals surface area contributed by atoms with Crippen LogP contribution in [-0.2, 0) is 0 Å². The minimum Gasteiger partial charge on any atom is -0.309 e. The summed E-state index contributed by atoms with van der Waals surface area (Å²) in [5, 5.41) is 9.93. The topological polar surface area (TPSA) is 35.6 Å². The van der Waals surface area contributed by atoms with E-state index in [1.54, 1.807) is 11.3 Å². The van der Waals surface area contributed by atoms with Gasteiger partial charge in [-0.05, 0) is 87.5 Å². The fourth-order valence-corrected chi connectivity index (χ4v) is 12.7. The van der Waals surface area contributed by atoms with Crippen LogP contribution in [0.25, 0.3) is 120 Å². The van der Waals surface area contributed by atoms with Crippen LogP contribution in [0.5, 0.6) is 0 Å². The molecule has 1 atom stereocenters. The van der Waals surface area contributed by atoms with Crippen molar-refractivity contribution in [2.24, 2.45) is 0 Å². The minimum absolute atomic E-state index is 0.0920. The van der Waals surface area contributed by atoms with Crippen molar-refractivity contribution in [2.45, 2.75) is 12.3 Å². The van der Waals surface area contributed by atoms with Crippen LogP contribution < -0.4 is 9.75 Å². The summed E-state index contributed by atoms with van der Waals surface area (Å²) in [6.45, 7) is 0. The van der Waals surface area contributed by atoms with Crippen LogP contribution in [0.1, 0.15) is 18.0 Å². The van der Waals surface area contributed by atoms with Crippen molar-refractivity contribution < 1.29 is 0 Å². The van der Waals surface area contributed by atoms with E-state index in [4.69, 9.17) is 9.97 Å². The number of hydrogen-bond donors (Lipinski definition) is 0. The molecule has 0 saturated heterocycles. The van der Waals surface area contributed by atoms with Gasteiger partial charge in [-0.3, -0.25) is 4.57 Å². The highest BCUT2D eigenvalue weighted by molar-refractivity contribution is 7.22. The lowest BCUT2D eigenvalue weighted by molar-refractivity contribution is 0.864. The smallest absolute Gasteiger partial charge is 0.235 e. The summed E-state index contributed by atoms with van der Waals surface area (Å²) in [5.74, 6) is 0.790. The molecule has 4 nitrogen and oxygen atoms in total. The van der Waals surface area contributed by atoms with E-state index in [0.717, 1.165) is 39.1 Å². The number of aromatic nitrogens is 4. The van der Waals surface area contributed by atoms with Crippen molar-refractivity contribution in [3.8, 4) is 33.2 Å². The molecule has 5 heterocycles. The van der Waals surface area contributed by atoms with E-state index in [1.807, 2.05) is 11.3 Å². The first-order valence-electron chi connectivity index (χ1n) is 21.8. The fraction of sp³-hybridized carbons (Fsp3) is 0.0345. The molecule has 0 aliphatic heterocycles. The monoisotopic (exact) mass is 852 g/mol. The predicted octanol–water partition coefficient (Wildman–Crippen LogP) is 14.3. The zero-order valence-electron chi connectivity index (χ0n) is 34.4. The van der Waals surface area contributed by atoms with E-state index in [-0.39, 0.29) is 5.92 Å². The molecule has 0 amide bonds. The maximum atomic E-state index is 5.69. The fourth-order valence-electron chi connectivity index (χ4n) is 10.4. The van der Waals surface area contributed by atoms with Gasteiger partial charge >= 0.3 is 0 Å². The second kappa shape index (κ2) is 13.9. The third kappa shape index (κ3) is 5.33. The number of benzene rings is 8. The van der Waals surface area contributed by atoms with Gasteiger partial charge in [0.2, 0.25) is 5.95 Å². The zero-order chi connectivity index (χ0) is 41.9. The average molecular weight is 853 g/mol. The third-order valence-corrected chi connectivity index (χ3v) is 15.6. The Labute approximate surface area is 375 Å². The molecule has 6 heteroatoms. The van der Waals surface area contributed by atoms with Crippen molar-refractivity contribution in [3.63, 3.8) is 0 Å². The van der Waals surface area contributed by atoms with Crippen molar-refractivity contribution in [2.75, 3.05) is 0 Å². The zero-order valence-corrected chi connectivity index (χ0v) is 36.1. The van der Waals surface area contributed by atoms with E-state index >= 15 is 0 Å². The van der Waals surface area contributed by atoms with Gasteiger partial charge < -0.3 is 4.57 Å². The number of hydrogen-bond acceptors (Lipinski definition) is 4. The summed E-state index contributed by atoms with van der Waals surface area (Å²) in [6, 6.07) is 68.3. The molecule has 0 saturated carbocycles. The summed E-state index contributed by atoms with van der Waals surface area (Å²) in [6.07, 6.45) is 5.79. The molecule has 0 fully saturated rings. The molecule has 0 spiro atoms. The number of rotatable bonds is 5. The first kappa shape index (κ1) is 35.9. The molecule has 1 aliphatic rings. The quantitative estimate of drug-likeness (QED) is 0.173. The maximum absolute atomic E-state index is 5.69. The van der Waals surface area contributed by atoms with Crippen molar-refractivity contribution in [1.29, 1.82) is 0 Å². The molecular formula is C58H36N4S2. The molecule has 300 valence electrons. The van der Waals surface area contributed by atoms with Gasteiger partial charge in [-0.25, -0.2) is 9.97 Å². The SMILES string of the molecule is C1=c2sc3ccccc3c2=CC(c2nc(-n3c4ccc(-c5cccc6c7ccccc7n(-c7ccccc7)c56)cc4c4c5ccccc5ccc43)nc3cc(-c4ccccc4)sc23)C1. The normalized spacial score (nSPS) is 14.0. The lowest BCUT2D eigenvalue weighted by Gasteiger charge is -2.16. The lowest BCUT2D eigenvalue weighted by atomic mass is 9.95. The summed E-state index contributed by atoms with van der Waals surface area (Å²) in [7, 11) is 0. The molecular weight excluding hydrogens is 817 g/mol. The Morgan fingerprint density at radius 1 is 0.516 bits per heavy atom. The minimum atomic E-state index is 0.0920. The number of nitrogens with zero attached hydrogens (tertiary/aromatic N) is 4. The van der Waals surface area contributed by atoms with Crippen LogP contribution in [0.15, 0.2) is 188 Å². The second-order valence-electron chi connectivity index (χ2n) is 16.8. The Morgan fingerprint density at radius 2 is 1.25 bits per heavy atom. The molecule has 5 aromatic heterocycles. The first-order chi connectivity index (χ1) is 31.7. The van der Waals surface area contributed by atoms with Gasteiger partial charge in [-0.15, -0.1) is 22.7 Å². The highest BCUT2D eigenvalue weighted by Crippen LogP contribution is 2.44. The van der Waals surface area contributed by atoms with Crippen LogP contribution in [-0.4, -0.2) is 19.1 Å². The summed E-state index contributed by atoms with van der Waals surface area (Å²) in [4.78, 5) is 12.4. The van der Waals surface area contributed by atoms with Gasteiger partial charge in [0, 0.05) is 52.8 Å². The molecule has 1 unspecified atom stereocenters. The maximum Gasteiger partial charge on any atom is 0.235 e. The highest BCUT2D eigenvalue weighted by Gasteiger charge is 2.25. The van der Waals surface area contributed by atoms with Crippen LogP contribution in [0.3, 0.4) is 0 Å². The van der Waals surface area contributed by atoms with Gasteiger partial charge in [0.25, 0.3) is 0 Å². The Bertz CT molecular complexity index is 4170. The van der Waals surface area contributed by atoms with E-state index in [2.05, 4.69) is 209 Å². The van der Waals surface area contributed by atoms with E-state index in [1.165, 1.54) is 84.8 Å². The third-order valence-electron chi connectivity index (χ3n) is 13.3. The largest absolute Gasteiger partial charge is 0.309 e. The van der Waals surface area contributed by atoms with E-state index in [0.29, 0.717) is 5.95 Å². The molecule has 64 heavy (non-hydrogen) atoms. The van der Waals surface area contributed by atoms with Crippen LogP contribution >= 0.6 is 22.7 Å². The van der Waals surface area contributed by atoms with Gasteiger partial charge in [-0.2, -0.15) is 0 Å². The molecule has 1 aliphatic carbocycles. The molecule has 0 N–H and O–H groups in total. The van der Waals surface area contributed by atoms with E-state index in [9.17, 15) is 0 Å². The Balaban J connectivity index is 1.04. The van der Waals surface area contributed by atoms with Gasteiger partial charge in [-0.1, -0.05) is 152 Å². The summed E-state index contributed by atoms with van der Waals surface area (Å²) in [5.41, 5.74) is 11.3. The predicted molar refractivity (Wildman–Crippen MR) is 272 cm³/mol. The van der Waals surface area contributed by atoms with E-state index < -0.39 is 0 Å². The number of fused-ring (bicyclic) bond motifs is 12. The van der Waals surface area contributed by atoms with Crippen LogP contribution in [0.2, 0.25) is 0 Å². The molecule has 13 aromatic rings. The molecule has 0 radical (unpaired) electrons. The lowest BCUT2D eigenvalue weighted by Crippen LogP contribution is -2.24. The molecule has 8 aromatic carbocycles. The van der Waals surface area contributed by atoms with Crippen molar-refractivity contribution in [3.05, 3.63) is 204 Å². The summed E-state index contributed by atoms with van der Waals surface area (Å²) >= 11 is 3.69. The van der Waals surface area contributed by atoms with Gasteiger partial charge in [0.1, 0.15) is 0 Å². The molecule has 14 rings (SSSR count). The Kier molecular flexibility index (Phi) is 7.82. The highest BCUT2D eigenvalue weighted by atomic mass is 32.1. The van der Waals surface area contributed by atoms with Gasteiger partial charge in [0.15, 0.2) is 0 Å². The van der Waals surface area contributed by atoms with Crippen LogP contribution in [0.4, 0.5) is 0 Å². The number of para-hydroxylation sites is 3. The standard InChI is InChI=1S/C58H36N4S2/c1-3-15-36(16-4-1)53-34-47-57(64-53)55(38-28-31-52-45(33-38)43-21-10-12-25-51(43)63-52)60-58(59-47)62-49-29-27-37(32-46(49)54-40-19-8-7-14-35(40)26-30-50(54)62)41-22-13-23-44-42-20-9-11-24-48(42)61(56(41)44)39-17-5-2-6-18-39/h1-27,29-34,38H,28H2. The number of thiophene rings is 2.